The lowest BCUT2D eigenvalue weighted by atomic mass is 10.0. The van der Waals surface area contributed by atoms with Crippen LogP contribution in [0.3, 0.4) is 0 Å². The lowest BCUT2D eigenvalue weighted by Gasteiger charge is -2.34. The predicted molar refractivity (Wildman–Crippen MR) is 112 cm³/mol. The minimum Gasteiger partial charge on any atom is -0.371 e. The van der Waals surface area contributed by atoms with Gasteiger partial charge in [0.25, 0.3) is 0 Å². The number of piperidine rings is 1. The molecular weight excluding hydrogens is 429 g/mol. The Kier molecular flexibility index (Phi) is 8.03. The van der Waals surface area contributed by atoms with Crippen molar-refractivity contribution in [1.82, 2.24) is 15.8 Å². The highest BCUT2D eigenvalue weighted by atomic mass is 127. The zero-order valence-electron chi connectivity index (χ0n) is 14.5. The average Bonchev–Trinajstić information content (AvgIpc) is 3.15. The smallest absolute Gasteiger partial charge is 0.191 e. The van der Waals surface area contributed by atoms with Crippen LogP contribution in [0.2, 0.25) is 0 Å². The number of aromatic nitrogens is 1. The average molecular weight is 455 g/mol. The van der Waals surface area contributed by atoms with Crippen molar-refractivity contribution in [3.05, 3.63) is 48.4 Å². The van der Waals surface area contributed by atoms with Crippen LogP contribution in [0.1, 0.15) is 25.5 Å². The second kappa shape index (κ2) is 10.3. The quantitative estimate of drug-likeness (QED) is 0.412. The van der Waals surface area contributed by atoms with Gasteiger partial charge in [0.05, 0.1) is 6.54 Å². The van der Waals surface area contributed by atoms with E-state index in [1.807, 2.05) is 6.07 Å². The van der Waals surface area contributed by atoms with Gasteiger partial charge in [0.1, 0.15) is 12.0 Å². The lowest BCUT2D eigenvalue weighted by Crippen LogP contribution is -2.48. The maximum Gasteiger partial charge on any atom is 0.191 e. The zero-order valence-corrected chi connectivity index (χ0v) is 16.8. The van der Waals surface area contributed by atoms with Crippen LogP contribution in [0.15, 0.2) is 52.2 Å². The Morgan fingerprint density at radius 1 is 1.24 bits per heavy atom. The van der Waals surface area contributed by atoms with Gasteiger partial charge in [-0.2, -0.15) is 0 Å². The van der Waals surface area contributed by atoms with Gasteiger partial charge < -0.3 is 20.1 Å². The number of para-hydroxylation sites is 1. The predicted octanol–water partition coefficient (Wildman–Crippen LogP) is 3.02. The highest BCUT2D eigenvalue weighted by Gasteiger charge is 2.20. The number of hydrogen-bond donors (Lipinski definition) is 2. The molecule has 2 heterocycles. The van der Waals surface area contributed by atoms with Crippen molar-refractivity contribution in [2.45, 2.75) is 32.4 Å². The molecule has 1 aliphatic rings. The van der Waals surface area contributed by atoms with Crippen molar-refractivity contribution < 1.29 is 4.52 Å². The first kappa shape index (κ1) is 19.6. The Labute approximate surface area is 166 Å². The molecule has 2 N–H and O–H groups in total. The molecular formula is C18H26IN5O. The van der Waals surface area contributed by atoms with Crippen molar-refractivity contribution in [1.29, 1.82) is 0 Å². The molecule has 0 unspecified atom stereocenters. The van der Waals surface area contributed by atoms with Gasteiger partial charge in [-0.15, -0.1) is 24.0 Å². The van der Waals surface area contributed by atoms with E-state index in [2.05, 4.69) is 62.9 Å². The summed E-state index contributed by atoms with van der Waals surface area (Å²) in [5.74, 6) is 0.846. The minimum atomic E-state index is 0. The summed E-state index contributed by atoms with van der Waals surface area (Å²) in [4.78, 5) is 7.03. The highest BCUT2D eigenvalue weighted by molar-refractivity contribution is 14.0. The molecule has 25 heavy (non-hydrogen) atoms. The third kappa shape index (κ3) is 5.91. The molecule has 136 valence electrons. The summed E-state index contributed by atoms with van der Waals surface area (Å²) in [7, 11) is 0. The number of guanidine groups is 1. The molecule has 0 aliphatic carbocycles. The van der Waals surface area contributed by atoms with Gasteiger partial charge in [-0.25, -0.2) is 4.99 Å². The van der Waals surface area contributed by atoms with Gasteiger partial charge in [0.15, 0.2) is 5.96 Å². The molecule has 2 aromatic rings. The largest absolute Gasteiger partial charge is 0.371 e. The molecule has 0 radical (unpaired) electrons. The summed E-state index contributed by atoms with van der Waals surface area (Å²) in [5, 5.41) is 10.7. The number of hydrogen-bond acceptors (Lipinski definition) is 4. The second-order valence-corrected chi connectivity index (χ2v) is 5.93. The van der Waals surface area contributed by atoms with Crippen LogP contribution in [0.5, 0.6) is 0 Å². The van der Waals surface area contributed by atoms with E-state index in [1.54, 1.807) is 6.26 Å². The Hall–Kier alpha value is -1.77. The third-order valence-corrected chi connectivity index (χ3v) is 4.19. The van der Waals surface area contributed by atoms with Crippen LogP contribution >= 0.6 is 24.0 Å². The van der Waals surface area contributed by atoms with Crippen molar-refractivity contribution in [2.24, 2.45) is 4.99 Å². The van der Waals surface area contributed by atoms with E-state index in [4.69, 9.17) is 4.52 Å². The van der Waals surface area contributed by atoms with E-state index >= 15 is 0 Å². The van der Waals surface area contributed by atoms with Crippen molar-refractivity contribution in [3.8, 4) is 0 Å². The summed E-state index contributed by atoms with van der Waals surface area (Å²) in [5.41, 5.74) is 2.15. The Bertz CT molecular complexity index is 624. The fourth-order valence-electron chi connectivity index (χ4n) is 2.91. The summed E-state index contributed by atoms with van der Waals surface area (Å²) >= 11 is 0. The van der Waals surface area contributed by atoms with Crippen LogP contribution < -0.4 is 15.5 Å². The Morgan fingerprint density at radius 2 is 2.00 bits per heavy atom. The van der Waals surface area contributed by atoms with E-state index in [1.165, 1.54) is 5.69 Å². The van der Waals surface area contributed by atoms with Gasteiger partial charge in [-0.05, 0) is 31.9 Å². The molecule has 0 bridgehead atoms. The van der Waals surface area contributed by atoms with Crippen LogP contribution in [0, 0.1) is 0 Å². The normalized spacial score (nSPS) is 15.6. The molecule has 1 fully saturated rings. The highest BCUT2D eigenvalue weighted by Crippen LogP contribution is 2.19. The van der Waals surface area contributed by atoms with Crippen LogP contribution in [0.25, 0.3) is 0 Å². The van der Waals surface area contributed by atoms with E-state index in [9.17, 15) is 0 Å². The van der Waals surface area contributed by atoms with Crippen molar-refractivity contribution in [2.75, 3.05) is 24.5 Å². The van der Waals surface area contributed by atoms with Gasteiger partial charge in [-0.3, -0.25) is 0 Å². The van der Waals surface area contributed by atoms with Gasteiger partial charge in [-0.1, -0.05) is 23.4 Å². The third-order valence-electron chi connectivity index (χ3n) is 4.19. The molecule has 0 amide bonds. The van der Waals surface area contributed by atoms with Crippen molar-refractivity contribution in [3.63, 3.8) is 0 Å². The summed E-state index contributed by atoms with van der Waals surface area (Å²) in [6, 6.07) is 12.9. The summed E-state index contributed by atoms with van der Waals surface area (Å²) < 4.78 is 4.84. The fraction of sp³-hybridized carbons (Fsp3) is 0.444. The van der Waals surface area contributed by atoms with E-state index in [-0.39, 0.29) is 24.0 Å². The molecule has 1 aliphatic heterocycles. The lowest BCUT2D eigenvalue weighted by molar-refractivity contribution is 0.412. The molecule has 0 atom stereocenters. The molecule has 3 rings (SSSR count). The van der Waals surface area contributed by atoms with E-state index < -0.39 is 0 Å². The van der Waals surface area contributed by atoms with Crippen LogP contribution in [-0.4, -0.2) is 36.8 Å². The number of nitrogens with zero attached hydrogens (tertiary/aromatic N) is 3. The van der Waals surface area contributed by atoms with Crippen molar-refractivity contribution >= 4 is 35.6 Å². The number of rotatable bonds is 5. The number of aliphatic imine (C=N–C) groups is 1. The standard InChI is InChI=1S/C18H25N5O.HI/c1-2-19-18(20-14-16-10-13-24-22-16)21-15-8-11-23(12-9-15)17-6-4-3-5-7-17;/h3-7,10,13,15H,2,8-9,11-12,14H2,1H3,(H2,19,20,21);1H. The number of anilines is 1. The van der Waals surface area contributed by atoms with Gasteiger partial charge in [0, 0.05) is 37.4 Å². The molecule has 1 aromatic carbocycles. The summed E-state index contributed by atoms with van der Waals surface area (Å²) in [6.07, 6.45) is 3.77. The number of halogens is 1. The Balaban J connectivity index is 0.00000225. The van der Waals surface area contributed by atoms with Gasteiger partial charge in [0.2, 0.25) is 0 Å². The molecule has 1 saturated heterocycles. The molecule has 6 nitrogen and oxygen atoms in total. The first-order valence-electron chi connectivity index (χ1n) is 8.59. The van der Waals surface area contributed by atoms with Crippen LogP contribution in [-0.2, 0) is 6.54 Å². The first-order valence-corrected chi connectivity index (χ1v) is 8.59. The molecule has 1 aromatic heterocycles. The van der Waals surface area contributed by atoms with Crippen LogP contribution in [0.4, 0.5) is 5.69 Å². The fourth-order valence-corrected chi connectivity index (χ4v) is 2.91. The van der Waals surface area contributed by atoms with E-state index in [0.717, 1.165) is 44.1 Å². The monoisotopic (exact) mass is 455 g/mol. The summed E-state index contributed by atoms with van der Waals surface area (Å²) in [6.45, 7) is 5.56. The maximum atomic E-state index is 4.84. The zero-order chi connectivity index (χ0) is 16.6. The minimum absolute atomic E-state index is 0. The van der Waals surface area contributed by atoms with E-state index in [0.29, 0.717) is 12.6 Å². The van der Waals surface area contributed by atoms with Gasteiger partial charge >= 0.3 is 0 Å². The topological polar surface area (TPSA) is 65.7 Å². The maximum absolute atomic E-state index is 4.84. The molecule has 0 saturated carbocycles. The molecule has 0 spiro atoms. The SMILES string of the molecule is CCNC(=NCc1ccon1)NC1CCN(c2ccccc2)CC1.I. The molecule has 7 heteroatoms. The number of nitrogens with one attached hydrogen (secondary N) is 2. The Morgan fingerprint density at radius 3 is 2.64 bits per heavy atom. The number of benzene rings is 1. The second-order valence-electron chi connectivity index (χ2n) is 5.93. The first-order chi connectivity index (χ1) is 11.8.